The molecule has 0 bridgehead atoms. The molecular formula is C24H24N2O7S. The van der Waals surface area contributed by atoms with Gasteiger partial charge >= 0.3 is 5.97 Å². The van der Waals surface area contributed by atoms with E-state index in [1.165, 1.54) is 30.1 Å². The van der Waals surface area contributed by atoms with Crippen LogP contribution in [0.15, 0.2) is 36.4 Å². The van der Waals surface area contributed by atoms with Crippen molar-refractivity contribution in [2.75, 3.05) is 30.1 Å². The van der Waals surface area contributed by atoms with Gasteiger partial charge in [0.2, 0.25) is 0 Å². The first-order valence-corrected chi connectivity index (χ1v) is 12.5. The smallest absolute Gasteiger partial charge is 0.338 e. The van der Waals surface area contributed by atoms with E-state index in [0.29, 0.717) is 12.1 Å². The summed E-state index contributed by atoms with van der Waals surface area (Å²) >= 11 is 0. The van der Waals surface area contributed by atoms with Gasteiger partial charge in [-0.2, -0.15) is 0 Å². The molecule has 9 nitrogen and oxygen atoms in total. The Morgan fingerprint density at radius 3 is 2.44 bits per heavy atom. The molecule has 10 heteroatoms. The van der Waals surface area contributed by atoms with Crippen LogP contribution in [-0.4, -0.2) is 68.2 Å². The quantitative estimate of drug-likeness (QED) is 0.470. The fourth-order valence-electron chi connectivity index (χ4n) is 4.14. The minimum atomic E-state index is -3.16. The number of nitrogens with zero attached hydrogens (tertiary/aromatic N) is 2. The summed E-state index contributed by atoms with van der Waals surface area (Å²) in [5.74, 6) is -2.45. The number of hydrogen-bond acceptors (Lipinski definition) is 7. The molecule has 0 radical (unpaired) electrons. The average molecular weight is 485 g/mol. The molecule has 0 aliphatic carbocycles. The van der Waals surface area contributed by atoms with Crippen LogP contribution in [0.1, 0.15) is 48.6 Å². The second-order valence-electron chi connectivity index (χ2n) is 8.63. The highest BCUT2D eigenvalue weighted by molar-refractivity contribution is 7.91. The zero-order valence-electron chi connectivity index (χ0n) is 19.0. The van der Waals surface area contributed by atoms with Crippen molar-refractivity contribution in [1.29, 1.82) is 0 Å². The van der Waals surface area contributed by atoms with Crippen molar-refractivity contribution < 1.29 is 32.3 Å². The number of likely N-dealkylation sites (N-methyl/N-ethyl adjacent to an activating group) is 1. The first kappa shape index (κ1) is 23.6. The Labute approximate surface area is 197 Å². The summed E-state index contributed by atoms with van der Waals surface area (Å²) in [6.45, 7) is 3.10. The molecule has 34 heavy (non-hydrogen) atoms. The number of carbonyl (C=O) groups excluding carboxylic acids is 4. The Balaban J connectivity index is 1.47. The summed E-state index contributed by atoms with van der Waals surface area (Å²) < 4.78 is 28.4. The van der Waals surface area contributed by atoms with Crippen LogP contribution in [0.4, 0.5) is 5.69 Å². The summed E-state index contributed by atoms with van der Waals surface area (Å²) in [4.78, 5) is 53.2. The van der Waals surface area contributed by atoms with Crippen LogP contribution in [0, 0.1) is 13.8 Å². The van der Waals surface area contributed by atoms with Gasteiger partial charge in [0, 0.05) is 13.1 Å². The number of ether oxygens (including phenoxy) is 1. The Morgan fingerprint density at radius 1 is 1.06 bits per heavy atom. The lowest BCUT2D eigenvalue weighted by Crippen LogP contribution is -2.40. The largest absolute Gasteiger partial charge is 0.452 e. The monoisotopic (exact) mass is 484 g/mol. The number of aryl methyl sites for hydroxylation is 2. The number of rotatable bonds is 5. The van der Waals surface area contributed by atoms with E-state index in [9.17, 15) is 27.6 Å². The predicted molar refractivity (Wildman–Crippen MR) is 124 cm³/mol. The Bertz CT molecular complexity index is 1330. The van der Waals surface area contributed by atoms with Gasteiger partial charge in [-0.3, -0.25) is 14.4 Å². The third-order valence-electron chi connectivity index (χ3n) is 6.20. The maximum absolute atomic E-state index is 13.0. The van der Waals surface area contributed by atoms with Crippen LogP contribution in [0.3, 0.4) is 0 Å². The fraction of sp³-hybridized carbons (Fsp3) is 0.333. The van der Waals surface area contributed by atoms with E-state index in [1.807, 2.05) is 19.1 Å². The van der Waals surface area contributed by atoms with E-state index < -0.39 is 46.2 Å². The maximum Gasteiger partial charge on any atom is 0.338 e. The number of fused-ring (bicyclic) bond motifs is 1. The van der Waals surface area contributed by atoms with E-state index in [2.05, 4.69) is 0 Å². The zero-order valence-corrected chi connectivity index (χ0v) is 19.8. The van der Waals surface area contributed by atoms with Crippen molar-refractivity contribution in [1.82, 2.24) is 4.90 Å². The highest BCUT2D eigenvalue weighted by atomic mass is 32.2. The van der Waals surface area contributed by atoms with Crippen molar-refractivity contribution >= 4 is 39.2 Å². The van der Waals surface area contributed by atoms with Crippen molar-refractivity contribution in [3.8, 4) is 0 Å². The van der Waals surface area contributed by atoms with Gasteiger partial charge in [-0.1, -0.05) is 12.1 Å². The lowest BCUT2D eigenvalue weighted by Gasteiger charge is -2.23. The van der Waals surface area contributed by atoms with Gasteiger partial charge in [0.15, 0.2) is 16.4 Å². The predicted octanol–water partition coefficient (Wildman–Crippen LogP) is 1.91. The molecule has 3 amide bonds. The standard InChI is InChI=1S/C24H24N2O7S/c1-14-4-5-15(2)20(10-14)26-22(28)18-7-6-16(11-19(18)23(26)29)24(30)33-12-21(27)25(3)17-8-9-34(31,32)13-17/h4-7,10-11,17H,8-9,12-13H2,1-3H3/t17-/m1/s1. The van der Waals surface area contributed by atoms with Gasteiger partial charge in [-0.15, -0.1) is 0 Å². The number of amides is 3. The molecule has 0 spiro atoms. The molecule has 2 aromatic carbocycles. The molecule has 2 aliphatic heterocycles. The summed E-state index contributed by atoms with van der Waals surface area (Å²) in [6.07, 6.45) is 0.344. The van der Waals surface area contributed by atoms with Crippen LogP contribution < -0.4 is 4.90 Å². The molecule has 1 atom stereocenters. The number of sulfone groups is 1. The first-order chi connectivity index (χ1) is 16.0. The minimum Gasteiger partial charge on any atom is -0.452 e. The molecule has 0 N–H and O–H groups in total. The maximum atomic E-state index is 13.0. The van der Waals surface area contributed by atoms with E-state index in [4.69, 9.17) is 4.74 Å². The molecule has 2 aliphatic rings. The zero-order chi connectivity index (χ0) is 24.8. The Hall–Kier alpha value is -3.53. The van der Waals surface area contributed by atoms with Crippen molar-refractivity contribution in [3.63, 3.8) is 0 Å². The topological polar surface area (TPSA) is 118 Å². The van der Waals surface area contributed by atoms with Gasteiger partial charge in [0.25, 0.3) is 17.7 Å². The Kier molecular flexibility index (Phi) is 6.03. The van der Waals surface area contributed by atoms with Crippen LogP contribution in [0.2, 0.25) is 0 Å². The Morgan fingerprint density at radius 2 is 1.76 bits per heavy atom. The molecule has 0 saturated carbocycles. The summed E-state index contributed by atoms with van der Waals surface area (Å²) in [7, 11) is -1.68. The van der Waals surface area contributed by atoms with Crippen molar-refractivity contribution in [2.45, 2.75) is 26.3 Å². The van der Waals surface area contributed by atoms with E-state index >= 15 is 0 Å². The van der Waals surface area contributed by atoms with Gasteiger partial charge in [-0.05, 0) is 55.7 Å². The fourth-order valence-corrected chi connectivity index (χ4v) is 5.92. The van der Waals surface area contributed by atoms with Crippen LogP contribution >= 0.6 is 0 Å². The number of esters is 1. The molecule has 4 rings (SSSR count). The van der Waals surface area contributed by atoms with Crippen molar-refractivity contribution in [3.05, 3.63) is 64.2 Å². The lowest BCUT2D eigenvalue weighted by molar-refractivity contribution is -0.134. The number of benzene rings is 2. The number of imide groups is 1. The van der Waals surface area contributed by atoms with E-state index in [1.54, 1.807) is 13.0 Å². The highest BCUT2D eigenvalue weighted by Gasteiger charge is 2.38. The summed E-state index contributed by atoms with van der Waals surface area (Å²) in [5.41, 5.74) is 2.43. The molecule has 2 heterocycles. The van der Waals surface area contributed by atoms with Gasteiger partial charge in [0.05, 0.1) is 33.9 Å². The van der Waals surface area contributed by atoms with E-state index in [0.717, 1.165) is 16.0 Å². The molecule has 1 saturated heterocycles. The molecule has 0 unspecified atom stereocenters. The average Bonchev–Trinajstić information content (AvgIpc) is 3.29. The van der Waals surface area contributed by atoms with Crippen LogP contribution in [0.5, 0.6) is 0 Å². The molecular weight excluding hydrogens is 460 g/mol. The third-order valence-corrected chi connectivity index (χ3v) is 7.95. The normalized spacial score (nSPS) is 18.7. The second kappa shape index (κ2) is 8.68. The number of hydrogen-bond donors (Lipinski definition) is 0. The number of anilines is 1. The van der Waals surface area contributed by atoms with Crippen LogP contribution in [-0.2, 0) is 19.4 Å². The molecule has 1 fully saturated rings. The molecule has 0 aromatic heterocycles. The minimum absolute atomic E-state index is 0.0239. The van der Waals surface area contributed by atoms with E-state index in [-0.39, 0.29) is 28.2 Å². The SMILES string of the molecule is Cc1ccc(C)c(N2C(=O)c3ccc(C(=O)OCC(=O)N(C)[C@@H]4CCS(=O)(=O)C4)cc3C2=O)c1. The van der Waals surface area contributed by atoms with Gasteiger partial charge < -0.3 is 9.64 Å². The van der Waals surface area contributed by atoms with Crippen molar-refractivity contribution in [2.24, 2.45) is 0 Å². The van der Waals surface area contributed by atoms with Gasteiger partial charge in [0.1, 0.15) is 0 Å². The third kappa shape index (κ3) is 4.33. The number of carbonyl (C=O) groups is 4. The lowest BCUT2D eigenvalue weighted by atomic mass is 10.1. The molecule has 2 aromatic rings. The molecule has 178 valence electrons. The first-order valence-electron chi connectivity index (χ1n) is 10.7. The summed E-state index contributed by atoms with van der Waals surface area (Å²) in [5, 5.41) is 0. The van der Waals surface area contributed by atoms with Gasteiger partial charge in [-0.25, -0.2) is 18.1 Å². The van der Waals surface area contributed by atoms with Crippen LogP contribution in [0.25, 0.3) is 0 Å². The highest BCUT2D eigenvalue weighted by Crippen LogP contribution is 2.32. The second-order valence-corrected chi connectivity index (χ2v) is 10.9. The summed E-state index contributed by atoms with van der Waals surface area (Å²) in [6, 6.07) is 9.08.